The summed E-state index contributed by atoms with van der Waals surface area (Å²) in [5.41, 5.74) is 4.56. The minimum atomic E-state index is -0.588. The highest BCUT2D eigenvalue weighted by Crippen LogP contribution is 2.40. The average molecular weight is 559 g/mol. The molecule has 2 aromatic heterocycles. The number of nitrogens with one attached hydrogen (secondary N) is 2. The predicted octanol–water partition coefficient (Wildman–Crippen LogP) is 6.25. The second-order valence-corrected chi connectivity index (χ2v) is 9.74. The molecule has 0 aliphatic carbocycles. The molecule has 6 rings (SSSR count). The molecule has 210 valence electrons. The maximum atomic E-state index is 13.9. The van der Waals surface area contributed by atoms with Crippen LogP contribution < -0.4 is 20.1 Å². The molecule has 1 unspecified atom stereocenters. The molecule has 0 fully saturated rings. The van der Waals surface area contributed by atoms with Gasteiger partial charge in [-0.2, -0.15) is 4.98 Å². The van der Waals surface area contributed by atoms with Crippen molar-refractivity contribution in [3.63, 3.8) is 0 Å². The van der Waals surface area contributed by atoms with Gasteiger partial charge in [0, 0.05) is 29.3 Å². The van der Waals surface area contributed by atoms with Crippen LogP contribution in [-0.4, -0.2) is 32.3 Å². The number of nitrogens with zero attached hydrogens (tertiary/aromatic N) is 4. The third kappa shape index (κ3) is 5.57. The lowest BCUT2D eigenvalue weighted by Crippen LogP contribution is -2.31. The van der Waals surface area contributed by atoms with Crippen LogP contribution in [0.15, 0.2) is 115 Å². The van der Waals surface area contributed by atoms with E-state index in [-0.39, 0.29) is 5.91 Å². The third-order valence-electron chi connectivity index (χ3n) is 6.89. The van der Waals surface area contributed by atoms with Crippen molar-refractivity contribution < 1.29 is 14.3 Å². The van der Waals surface area contributed by atoms with Crippen molar-refractivity contribution in [2.24, 2.45) is 0 Å². The van der Waals surface area contributed by atoms with E-state index in [2.05, 4.69) is 15.6 Å². The van der Waals surface area contributed by atoms with Crippen molar-refractivity contribution >= 4 is 17.5 Å². The van der Waals surface area contributed by atoms with E-state index in [1.165, 1.54) is 0 Å². The number of hydrogen-bond acceptors (Lipinski definition) is 7. The minimum absolute atomic E-state index is 0.245. The summed E-state index contributed by atoms with van der Waals surface area (Å²) in [7, 11) is 0. The Morgan fingerprint density at radius 2 is 1.67 bits per heavy atom. The molecule has 1 aliphatic rings. The summed E-state index contributed by atoms with van der Waals surface area (Å²) in [6.07, 6.45) is 3.40. The molecule has 42 heavy (non-hydrogen) atoms. The van der Waals surface area contributed by atoms with E-state index in [0.29, 0.717) is 53.4 Å². The fraction of sp³-hybridized carbons (Fsp3) is 0.152. The first-order valence-corrected chi connectivity index (χ1v) is 13.8. The predicted molar refractivity (Wildman–Crippen MR) is 161 cm³/mol. The number of anilines is 2. The molecule has 2 N–H and O–H groups in total. The van der Waals surface area contributed by atoms with Gasteiger partial charge in [0.25, 0.3) is 5.91 Å². The zero-order valence-electron chi connectivity index (χ0n) is 23.3. The van der Waals surface area contributed by atoms with Gasteiger partial charge in [0.2, 0.25) is 5.95 Å². The molecule has 1 atom stereocenters. The first-order valence-electron chi connectivity index (χ1n) is 13.8. The number of benzene rings is 3. The third-order valence-corrected chi connectivity index (χ3v) is 6.89. The zero-order chi connectivity index (χ0) is 28.9. The minimum Gasteiger partial charge on any atom is -0.490 e. The molecular weight excluding hydrogens is 528 g/mol. The van der Waals surface area contributed by atoms with Crippen LogP contribution in [0.5, 0.6) is 11.5 Å². The number of hydrogen-bond donors (Lipinski definition) is 2. The van der Waals surface area contributed by atoms with Gasteiger partial charge in [0.05, 0.1) is 12.2 Å². The number of amides is 1. The molecule has 3 aromatic carbocycles. The number of allylic oxidation sites excluding steroid dienone is 1. The lowest BCUT2D eigenvalue weighted by atomic mass is 9.94. The van der Waals surface area contributed by atoms with Crippen LogP contribution in [0.1, 0.15) is 31.0 Å². The van der Waals surface area contributed by atoms with Crippen LogP contribution in [0, 0.1) is 0 Å². The molecule has 5 aromatic rings. The Kier molecular flexibility index (Phi) is 7.63. The summed E-state index contributed by atoms with van der Waals surface area (Å²) in [5.74, 6) is 2.01. The highest BCUT2D eigenvalue weighted by atomic mass is 16.5. The van der Waals surface area contributed by atoms with Gasteiger partial charge in [-0.3, -0.25) is 9.78 Å². The fourth-order valence-corrected chi connectivity index (χ4v) is 4.91. The maximum Gasteiger partial charge on any atom is 0.255 e. The number of para-hydroxylation sites is 1. The van der Waals surface area contributed by atoms with Crippen LogP contribution in [0.3, 0.4) is 0 Å². The standard InChI is InChI=1S/C33H30N6O3/c1-3-41-28-20-25(14-15-27(28)42-21-23-10-6-4-7-11-23)30-29(32(40)36-26-12-8-5-9-13-26)22(2)35-33-37-31(38-39(30)33)24-16-18-34-19-17-24/h4-20,30H,3,21H2,1-2H3,(H,36,40)(H,35,37,38). The van der Waals surface area contributed by atoms with Gasteiger partial charge in [-0.05, 0) is 61.4 Å². The molecule has 0 radical (unpaired) electrons. The van der Waals surface area contributed by atoms with Gasteiger partial charge in [-0.15, -0.1) is 5.10 Å². The van der Waals surface area contributed by atoms with Crippen LogP contribution in [0.2, 0.25) is 0 Å². The Balaban J connectivity index is 1.41. The number of aromatic nitrogens is 4. The van der Waals surface area contributed by atoms with Gasteiger partial charge < -0.3 is 20.1 Å². The van der Waals surface area contributed by atoms with Crippen LogP contribution in [0.25, 0.3) is 11.4 Å². The van der Waals surface area contributed by atoms with E-state index in [1.807, 2.05) is 105 Å². The van der Waals surface area contributed by atoms with E-state index < -0.39 is 6.04 Å². The second-order valence-electron chi connectivity index (χ2n) is 9.74. The lowest BCUT2D eigenvalue weighted by Gasteiger charge is -2.29. The van der Waals surface area contributed by atoms with Crippen LogP contribution in [-0.2, 0) is 11.4 Å². The highest BCUT2D eigenvalue weighted by Gasteiger charge is 2.35. The molecule has 9 nitrogen and oxygen atoms in total. The normalized spacial score (nSPS) is 14.1. The number of pyridine rings is 1. The Labute approximate surface area is 243 Å². The van der Waals surface area contributed by atoms with Crippen LogP contribution in [0.4, 0.5) is 11.6 Å². The lowest BCUT2D eigenvalue weighted by molar-refractivity contribution is -0.113. The molecule has 1 aliphatic heterocycles. The van der Waals surface area contributed by atoms with E-state index in [1.54, 1.807) is 17.1 Å². The highest BCUT2D eigenvalue weighted by molar-refractivity contribution is 6.06. The van der Waals surface area contributed by atoms with Gasteiger partial charge in [0.1, 0.15) is 12.6 Å². The van der Waals surface area contributed by atoms with Crippen molar-refractivity contribution in [2.75, 3.05) is 17.2 Å². The fourth-order valence-electron chi connectivity index (χ4n) is 4.91. The summed E-state index contributed by atoms with van der Waals surface area (Å²) in [5, 5.41) is 11.2. The van der Waals surface area contributed by atoms with E-state index >= 15 is 0 Å². The number of carbonyl (C=O) groups excluding carboxylic acids is 1. The molecule has 0 saturated carbocycles. The Hall–Kier alpha value is -5.44. The smallest absolute Gasteiger partial charge is 0.255 e. The summed E-state index contributed by atoms with van der Waals surface area (Å²) in [4.78, 5) is 22.7. The van der Waals surface area contributed by atoms with Gasteiger partial charge in [-0.25, -0.2) is 4.68 Å². The Bertz CT molecular complexity index is 1720. The van der Waals surface area contributed by atoms with E-state index in [0.717, 1.165) is 16.7 Å². The Morgan fingerprint density at radius 3 is 2.40 bits per heavy atom. The van der Waals surface area contributed by atoms with Crippen molar-refractivity contribution in [1.82, 2.24) is 19.7 Å². The SMILES string of the molecule is CCOc1cc(C2C(C(=O)Nc3ccccc3)=C(C)Nc3nc(-c4ccncc4)nn32)ccc1OCc1ccccc1. The number of fused-ring (bicyclic) bond motifs is 1. The molecule has 0 saturated heterocycles. The quantitative estimate of drug-likeness (QED) is 0.221. The zero-order valence-corrected chi connectivity index (χ0v) is 23.3. The van der Waals surface area contributed by atoms with E-state index in [4.69, 9.17) is 19.6 Å². The summed E-state index contributed by atoms with van der Waals surface area (Å²) >= 11 is 0. The maximum absolute atomic E-state index is 13.9. The second kappa shape index (κ2) is 12.0. The summed E-state index contributed by atoms with van der Waals surface area (Å²) < 4.78 is 13.9. The molecular formula is C33H30N6O3. The largest absolute Gasteiger partial charge is 0.490 e. The molecule has 3 heterocycles. The van der Waals surface area contributed by atoms with Crippen molar-refractivity contribution in [2.45, 2.75) is 26.5 Å². The van der Waals surface area contributed by atoms with Crippen molar-refractivity contribution in [1.29, 1.82) is 0 Å². The van der Waals surface area contributed by atoms with Crippen molar-refractivity contribution in [3.05, 3.63) is 126 Å². The first-order chi connectivity index (χ1) is 20.6. The van der Waals surface area contributed by atoms with Gasteiger partial charge >= 0.3 is 0 Å². The van der Waals surface area contributed by atoms with Crippen LogP contribution >= 0.6 is 0 Å². The van der Waals surface area contributed by atoms with E-state index in [9.17, 15) is 4.79 Å². The van der Waals surface area contributed by atoms with Crippen molar-refractivity contribution in [3.8, 4) is 22.9 Å². The number of ether oxygens (including phenoxy) is 2. The summed E-state index contributed by atoms with van der Waals surface area (Å²) in [6.45, 7) is 4.66. The molecule has 9 heteroatoms. The average Bonchev–Trinajstić information content (AvgIpc) is 3.45. The topological polar surface area (TPSA) is 103 Å². The molecule has 0 bridgehead atoms. The monoisotopic (exact) mass is 558 g/mol. The van der Waals surface area contributed by atoms with Gasteiger partial charge in [0.15, 0.2) is 17.3 Å². The summed E-state index contributed by atoms with van der Waals surface area (Å²) in [6, 6.07) is 28.2. The Morgan fingerprint density at radius 1 is 0.929 bits per heavy atom. The first kappa shape index (κ1) is 26.8. The number of carbonyl (C=O) groups is 1. The number of rotatable bonds is 9. The molecule has 0 spiro atoms. The van der Waals surface area contributed by atoms with Gasteiger partial charge in [-0.1, -0.05) is 54.6 Å². The molecule has 1 amide bonds.